The zero-order valence-electron chi connectivity index (χ0n) is 12.3. The van der Waals surface area contributed by atoms with E-state index in [2.05, 4.69) is 5.32 Å². The van der Waals surface area contributed by atoms with E-state index in [1.165, 1.54) is 0 Å². The van der Waals surface area contributed by atoms with Crippen molar-refractivity contribution in [3.63, 3.8) is 0 Å². The van der Waals surface area contributed by atoms with Gasteiger partial charge in [0.25, 0.3) is 5.91 Å². The summed E-state index contributed by atoms with van der Waals surface area (Å²) in [6, 6.07) is 14.9. The molecule has 0 heterocycles. The lowest BCUT2D eigenvalue weighted by molar-refractivity contribution is 0.0956. The summed E-state index contributed by atoms with van der Waals surface area (Å²) in [4.78, 5) is 11.9. The Balaban J connectivity index is 1.70. The molecule has 1 N–H and O–H groups in total. The first kappa shape index (κ1) is 16.7. The predicted octanol–water partition coefficient (Wildman–Crippen LogP) is 4.01. The Kier molecular flexibility index (Phi) is 6.62. The summed E-state index contributed by atoms with van der Waals surface area (Å²) in [5.41, 5.74) is 1.76. The van der Waals surface area contributed by atoms with Gasteiger partial charge in [0.05, 0.1) is 7.11 Å². The predicted molar refractivity (Wildman–Crippen MR) is 92.9 cm³/mol. The SMILES string of the molecule is COc1ccc(C(=O)NCCSCc2ccccc2Cl)cc1. The number of carbonyl (C=O) groups excluding carboxylic acids is 1. The van der Waals surface area contributed by atoms with Gasteiger partial charge in [-0.05, 0) is 35.9 Å². The fourth-order valence-corrected chi connectivity index (χ4v) is 3.02. The topological polar surface area (TPSA) is 38.3 Å². The van der Waals surface area contributed by atoms with Crippen LogP contribution in [0.1, 0.15) is 15.9 Å². The Bertz CT molecular complexity index is 616. The van der Waals surface area contributed by atoms with Gasteiger partial charge in [0.2, 0.25) is 0 Å². The standard InChI is InChI=1S/C17H18ClNO2S/c1-21-15-8-6-13(7-9-15)17(20)19-10-11-22-12-14-4-2-3-5-16(14)18/h2-9H,10-12H2,1H3,(H,19,20). The Hall–Kier alpha value is -1.65. The molecule has 0 spiro atoms. The number of carbonyl (C=O) groups is 1. The largest absolute Gasteiger partial charge is 0.497 e. The molecule has 3 nitrogen and oxygen atoms in total. The number of methoxy groups -OCH3 is 1. The first-order valence-electron chi connectivity index (χ1n) is 6.94. The first-order valence-corrected chi connectivity index (χ1v) is 8.47. The van der Waals surface area contributed by atoms with Crippen LogP contribution in [0.2, 0.25) is 5.02 Å². The molecule has 0 radical (unpaired) electrons. The molecule has 0 bridgehead atoms. The van der Waals surface area contributed by atoms with Crippen molar-refractivity contribution in [3.05, 3.63) is 64.7 Å². The number of amides is 1. The van der Waals surface area contributed by atoms with Gasteiger partial charge < -0.3 is 10.1 Å². The fraction of sp³-hybridized carbons (Fsp3) is 0.235. The van der Waals surface area contributed by atoms with Crippen LogP contribution in [0.25, 0.3) is 0 Å². The molecule has 2 aromatic carbocycles. The highest BCUT2D eigenvalue weighted by atomic mass is 35.5. The number of benzene rings is 2. The third kappa shape index (κ3) is 4.97. The van der Waals surface area contributed by atoms with Crippen LogP contribution >= 0.6 is 23.4 Å². The van der Waals surface area contributed by atoms with Gasteiger partial charge in [0.1, 0.15) is 5.75 Å². The van der Waals surface area contributed by atoms with E-state index >= 15 is 0 Å². The number of hydrogen-bond donors (Lipinski definition) is 1. The van der Waals surface area contributed by atoms with Gasteiger partial charge in [-0.1, -0.05) is 29.8 Å². The fourth-order valence-electron chi connectivity index (χ4n) is 1.88. The third-order valence-electron chi connectivity index (χ3n) is 3.10. The molecule has 1 amide bonds. The lowest BCUT2D eigenvalue weighted by Crippen LogP contribution is -2.25. The normalized spacial score (nSPS) is 10.3. The average molecular weight is 336 g/mol. The van der Waals surface area contributed by atoms with Crippen LogP contribution in [0, 0.1) is 0 Å². The number of ether oxygens (including phenoxy) is 1. The Morgan fingerprint density at radius 2 is 1.91 bits per heavy atom. The van der Waals surface area contributed by atoms with Gasteiger partial charge in [-0.2, -0.15) is 11.8 Å². The zero-order chi connectivity index (χ0) is 15.8. The lowest BCUT2D eigenvalue weighted by Gasteiger charge is -2.07. The quantitative estimate of drug-likeness (QED) is 0.777. The molecule has 2 aromatic rings. The van der Waals surface area contributed by atoms with Gasteiger partial charge in [0, 0.05) is 28.6 Å². The maximum atomic E-state index is 11.9. The highest BCUT2D eigenvalue weighted by Gasteiger charge is 2.05. The van der Waals surface area contributed by atoms with Gasteiger partial charge in [-0.3, -0.25) is 4.79 Å². The number of nitrogens with one attached hydrogen (secondary N) is 1. The van der Waals surface area contributed by atoms with E-state index in [-0.39, 0.29) is 5.91 Å². The maximum absolute atomic E-state index is 11.9. The molecule has 2 rings (SSSR count). The van der Waals surface area contributed by atoms with E-state index < -0.39 is 0 Å². The van der Waals surface area contributed by atoms with Crippen molar-refractivity contribution < 1.29 is 9.53 Å². The summed E-state index contributed by atoms with van der Waals surface area (Å²) in [7, 11) is 1.60. The summed E-state index contributed by atoms with van der Waals surface area (Å²) in [6.07, 6.45) is 0. The van der Waals surface area contributed by atoms with Crippen molar-refractivity contribution >= 4 is 29.3 Å². The van der Waals surface area contributed by atoms with Crippen LogP contribution in [0.4, 0.5) is 0 Å². The summed E-state index contributed by atoms with van der Waals surface area (Å²) in [5, 5.41) is 3.69. The molecule has 22 heavy (non-hydrogen) atoms. The Morgan fingerprint density at radius 1 is 1.18 bits per heavy atom. The molecule has 0 aliphatic heterocycles. The third-order valence-corrected chi connectivity index (χ3v) is 4.48. The molecule has 0 atom stereocenters. The minimum Gasteiger partial charge on any atom is -0.497 e. The van der Waals surface area contributed by atoms with Gasteiger partial charge in [-0.15, -0.1) is 0 Å². The van der Waals surface area contributed by atoms with Gasteiger partial charge in [0.15, 0.2) is 0 Å². The first-order chi connectivity index (χ1) is 10.7. The van der Waals surface area contributed by atoms with Crippen molar-refractivity contribution in [2.75, 3.05) is 19.4 Å². The van der Waals surface area contributed by atoms with E-state index in [1.807, 2.05) is 24.3 Å². The monoisotopic (exact) mass is 335 g/mol. The highest BCUT2D eigenvalue weighted by Crippen LogP contribution is 2.20. The van der Waals surface area contributed by atoms with E-state index in [0.717, 1.165) is 27.8 Å². The summed E-state index contributed by atoms with van der Waals surface area (Å²) < 4.78 is 5.07. The second kappa shape index (κ2) is 8.71. The smallest absolute Gasteiger partial charge is 0.251 e. The second-order valence-electron chi connectivity index (χ2n) is 4.63. The van der Waals surface area contributed by atoms with Gasteiger partial charge >= 0.3 is 0 Å². The second-order valence-corrected chi connectivity index (χ2v) is 6.14. The molecule has 116 valence electrons. The molecule has 0 aliphatic carbocycles. The average Bonchev–Trinajstić information content (AvgIpc) is 2.56. The zero-order valence-corrected chi connectivity index (χ0v) is 13.9. The summed E-state index contributed by atoms with van der Waals surface area (Å²) in [5.74, 6) is 2.36. The molecular weight excluding hydrogens is 318 g/mol. The molecule has 5 heteroatoms. The number of halogens is 1. The van der Waals surface area contributed by atoms with Crippen LogP contribution in [-0.2, 0) is 5.75 Å². The highest BCUT2D eigenvalue weighted by molar-refractivity contribution is 7.98. The van der Waals surface area contributed by atoms with Crippen LogP contribution in [0.15, 0.2) is 48.5 Å². The molecule has 0 aromatic heterocycles. The molecule has 0 saturated heterocycles. The van der Waals surface area contributed by atoms with Crippen LogP contribution < -0.4 is 10.1 Å². The minimum absolute atomic E-state index is 0.0685. The molecule has 0 fully saturated rings. The van der Waals surface area contributed by atoms with Crippen LogP contribution in [0.3, 0.4) is 0 Å². The van der Waals surface area contributed by atoms with Crippen molar-refractivity contribution in [1.82, 2.24) is 5.32 Å². The van der Waals surface area contributed by atoms with Crippen molar-refractivity contribution in [3.8, 4) is 5.75 Å². The molecule has 0 saturated carbocycles. The van der Waals surface area contributed by atoms with E-state index in [9.17, 15) is 4.79 Å². The summed E-state index contributed by atoms with van der Waals surface area (Å²) >= 11 is 7.84. The Labute approximate surface area is 140 Å². The minimum atomic E-state index is -0.0685. The number of thioether (sulfide) groups is 1. The van der Waals surface area contributed by atoms with E-state index in [0.29, 0.717) is 12.1 Å². The Morgan fingerprint density at radius 3 is 2.59 bits per heavy atom. The van der Waals surface area contributed by atoms with E-state index in [4.69, 9.17) is 16.3 Å². The van der Waals surface area contributed by atoms with Crippen LogP contribution in [-0.4, -0.2) is 25.3 Å². The molecule has 0 aliphatic rings. The van der Waals surface area contributed by atoms with E-state index in [1.54, 1.807) is 43.1 Å². The van der Waals surface area contributed by atoms with Crippen molar-refractivity contribution in [1.29, 1.82) is 0 Å². The maximum Gasteiger partial charge on any atom is 0.251 e. The van der Waals surface area contributed by atoms with Crippen LogP contribution in [0.5, 0.6) is 5.75 Å². The molecular formula is C17H18ClNO2S. The summed E-state index contributed by atoms with van der Waals surface area (Å²) in [6.45, 7) is 0.625. The molecule has 0 unspecified atom stereocenters. The van der Waals surface area contributed by atoms with Gasteiger partial charge in [-0.25, -0.2) is 0 Å². The van der Waals surface area contributed by atoms with Crippen molar-refractivity contribution in [2.24, 2.45) is 0 Å². The number of rotatable bonds is 7. The van der Waals surface area contributed by atoms with Crippen molar-refractivity contribution in [2.45, 2.75) is 5.75 Å². The lowest BCUT2D eigenvalue weighted by atomic mass is 10.2. The number of hydrogen-bond acceptors (Lipinski definition) is 3.